The van der Waals surface area contributed by atoms with Gasteiger partial charge in [0.25, 0.3) is 0 Å². The minimum atomic E-state index is 0.862. The standard InChI is InChI=1S/C12H23N.C9H19N/c1-10(2)9-12-5-7-13(8-6-12)11(3)4;1-8(2)7-9-3-5-10-6-4-9/h10,12H,3,5-9H2,1-2,4H3;8-10H,3-7H2,1-2H3. The van der Waals surface area contributed by atoms with Gasteiger partial charge in [-0.05, 0) is 82.2 Å². The van der Waals surface area contributed by atoms with E-state index in [1.54, 1.807) is 0 Å². The van der Waals surface area contributed by atoms with Crippen LogP contribution in [-0.4, -0.2) is 31.1 Å². The summed E-state index contributed by atoms with van der Waals surface area (Å²) in [5.74, 6) is 3.74. The molecule has 0 radical (unpaired) electrons. The molecule has 2 fully saturated rings. The van der Waals surface area contributed by atoms with E-state index in [-0.39, 0.29) is 0 Å². The van der Waals surface area contributed by atoms with Crippen molar-refractivity contribution in [1.29, 1.82) is 0 Å². The van der Waals surface area contributed by atoms with Crippen molar-refractivity contribution in [3.63, 3.8) is 0 Å². The summed E-state index contributed by atoms with van der Waals surface area (Å²) in [6.45, 7) is 20.3. The number of nitrogens with one attached hydrogen (secondary N) is 1. The van der Waals surface area contributed by atoms with E-state index in [9.17, 15) is 0 Å². The Kier molecular flexibility index (Phi) is 9.94. The third kappa shape index (κ3) is 9.39. The maximum Gasteiger partial charge on any atom is 0.0177 e. The molecule has 1 N–H and O–H groups in total. The number of rotatable bonds is 5. The lowest BCUT2D eigenvalue weighted by molar-refractivity contribution is 0.208. The molecule has 0 bridgehead atoms. The predicted octanol–water partition coefficient (Wildman–Crippen LogP) is 5.31. The third-order valence-electron chi connectivity index (χ3n) is 5.22. The largest absolute Gasteiger partial charge is 0.376 e. The molecule has 0 aromatic heterocycles. The van der Waals surface area contributed by atoms with Gasteiger partial charge in [0.1, 0.15) is 0 Å². The van der Waals surface area contributed by atoms with Crippen molar-refractivity contribution in [2.24, 2.45) is 23.7 Å². The summed E-state index contributed by atoms with van der Waals surface area (Å²) in [6, 6.07) is 0. The lowest BCUT2D eigenvalue weighted by Gasteiger charge is -2.34. The van der Waals surface area contributed by atoms with Crippen LogP contribution in [0.3, 0.4) is 0 Å². The zero-order valence-electron chi connectivity index (χ0n) is 16.5. The molecule has 2 rings (SSSR count). The highest BCUT2D eigenvalue weighted by Crippen LogP contribution is 2.25. The second-order valence-electron chi connectivity index (χ2n) is 8.62. The summed E-state index contributed by atoms with van der Waals surface area (Å²) in [6.07, 6.45) is 8.37. The van der Waals surface area contributed by atoms with Crippen LogP contribution in [0.4, 0.5) is 0 Å². The fourth-order valence-electron chi connectivity index (χ4n) is 4.00. The van der Waals surface area contributed by atoms with Crippen molar-refractivity contribution in [3.8, 4) is 0 Å². The van der Waals surface area contributed by atoms with Crippen LogP contribution in [0.1, 0.15) is 73.1 Å². The summed E-state index contributed by atoms with van der Waals surface area (Å²) in [5, 5.41) is 3.39. The number of hydrogen-bond acceptors (Lipinski definition) is 2. The number of piperidine rings is 2. The Morgan fingerprint density at radius 3 is 1.74 bits per heavy atom. The molecule has 2 heterocycles. The lowest BCUT2D eigenvalue weighted by Crippen LogP contribution is -2.32. The molecule has 0 aliphatic carbocycles. The van der Waals surface area contributed by atoms with Crippen molar-refractivity contribution in [1.82, 2.24) is 10.2 Å². The van der Waals surface area contributed by atoms with E-state index >= 15 is 0 Å². The van der Waals surface area contributed by atoms with Gasteiger partial charge in [-0.1, -0.05) is 34.3 Å². The van der Waals surface area contributed by atoms with E-state index in [1.165, 1.54) is 70.4 Å². The smallest absolute Gasteiger partial charge is 0.0177 e. The van der Waals surface area contributed by atoms with Gasteiger partial charge < -0.3 is 10.2 Å². The number of allylic oxidation sites excluding steroid dienone is 1. The summed E-state index contributed by atoms with van der Waals surface area (Å²) in [5.41, 5.74) is 1.24. The van der Waals surface area contributed by atoms with Crippen LogP contribution >= 0.6 is 0 Å². The Morgan fingerprint density at radius 2 is 1.35 bits per heavy atom. The minimum absolute atomic E-state index is 0.862. The SMILES string of the molecule is C=C(C)N1CCC(CC(C)C)CC1.CC(C)CC1CCNCC1. The molecule has 2 heteroatoms. The predicted molar refractivity (Wildman–Crippen MR) is 104 cm³/mol. The molecule has 2 nitrogen and oxygen atoms in total. The van der Waals surface area contributed by atoms with Gasteiger partial charge in [-0.15, -0.1) is 0 Å². The summed E-state index contributed by atoms with van der Waals surface area (Å²) >= 11 is 0. The molecular weight excluding hydrogens is 280 g/mol. The normalized spacial score (nSPS) is 20.6. The van der Waals surface area contributed by atoms with Crippen LogP contribution in [0.15, 0.2) is 12.3 Å². The summed E-state index contributed by atoms with van der Waals surface area (Å²) in [7, 11) is 0. The van der Waals surface area contributed by atoms with Crippen LogP contribution in [0.5, 0.6) is 0 Å². The van der Waals surface area contributed by atoms with E-state index < -0.39 is 0 Å². The van der Waals surface area contributed by atoms with Crippen molar-refractivity contribution in [3.05, 3.63) is 12.3 Å². The molecule has 0 unspecified atom stereocenters. The van der Waals surface area contributed by atoms with Crippen LogP contribution < -0.4 is 5.32 Å². The van der Waals surface area contributed by atoms with E-state index in [1.807, 2.05) is 0 Å². The Morgan fingerprint density at radius 1 is 0.913 bits per heavy atom. The van der Waals surface area contributed by atoms with Crippen molar-refractivity contribution in [2.75, 3.05) is 26.2 Å². The van der Waals surface area contributed by atoms with Crippen LogP contribution in [0.25, 0.3) is 0 Å². The lowest BCUT2D eigenvalue weighted by atomic mass is 9.88. The van der Waals surface area contributed by atoms with E-state index in [2.05, 4.69) is 51.4 Å². The minimum Gasteiger partial charge on any atom is -0.376 e. The average Bonchev–Trinajstić information content (AvgIpc) is 2.48. The second kappa shape index (κ2) is 11.1. The fourth-order valence-corrected chi connectivity index (χ4v) is 4.00. The van der Waals surface area contributed by atoms with Crippen LogP contribution in [-0.2, 0) is 0 Å². The van der Waals surface area contributed by atoms with Crippen LogP contribution in [0.2, 0.25) is 0 Å². The zero-order valence-corrected chi connectivity index (χ0v) is 16.5. The molecule has 2 aliphatic rings. The number of hydrogen-bond donors (Lipinski definition) is 1. The first-order chi connectivity index (χ1) is 10.9. The monoisotopic (exact) mass is 322 g/mol. The Labute approximate surface area is 146 Å². The molecule has 0 spiro atoms. The average molecular weight is 323 g/mol. The first-order valence-electron chi connectivity index (χ1n) is 9.99. The molecular formula is C21H42N2. The van der Waals surface area contributed by atoms with Gasteiger partial charge in [0, 0.05) is 18.8 Å². The number of likely N-dealkylation sites (tertiary alicyclic amines) is 1. The molecule has 2 saturated heterocycles. The fraction of sp³-hybridized carbons (Fsp3) is 0.905. The van der Waals surface area contributed by atoms with Gasteiger partial charge in [0.15, 0.2) is 0 Å². The molecule has 136 valence electrons. The molecule has 0 atom stereocenters. The maximum atomic E-state index is 3.99. The molecule has 0 aromatic carbocycles. The highest BCUT2D eigenvalue weighted by molar-refractivity contribution is 4.91. The molecule has 0 saturated carbocycles. The molecule has 2 aliphatic heterocycles. The van der Waals surface area contributed by atoms with Crippen LogP contribution in [0, 0.1) is 23.7 Å². The zero-order chi connectivity index (χ0) is 17.2. The first-order valence-corrected chi connectivity index (χ1v) is 9.99. The van der Waals surface area contributed by atoms with E-state index in [0.717, 1.165) is 23.7 Å². The summed E-state index contributed by atoms with van der Waals surface area (Å²) in [4.78, 5) is 2.41. The van der Waals surface area contributed by atoms with Crippen molar-refractivity contribution < 1.29 is 0 Å². The van der Waals surface area contributed by atoms with Gasteiger partial charge in [0.2, 0.25) is 0 Å². The second-order valence-corrected chi connectivity index (χ2v) is 8.62. The highest BCUT2D eigenvalue weighted by atomic mass is 15.1. The molecule has 23 heavy (non-hydrogen) atoms. The van der Waals surface area contributed by atoms with E-state index in [4.69, 9.17) is 0 Å². The molecule has 0 amide bonds. The van der Waals surface area contributed by atoms with Gasteiger partial charge in [-0.3, -0.25) is 0 Å². The number of nitrogens with zero attached hydrogens (tertiary/aromatic N) is 1. The van der Waals surface area contributed by atoms with Crippen molar-refractivity contribution in [2.45, 2.75) is 73.1 Å². The maximum absolute atomic E-state index is 3.99. The van der Waals surface area contributed by atoms with Crippen molar-refractivity contribution >= 4 is 0 Å². The van der Waals surface area contributed by atoms with E-state index in [0.29, 0.717) is 0 Å². The van der Waals surface area contributed by atoms with Gasteiger partial charge >= 0.3 is 0 Å². The van der Waals surface area contributed by atoms with Gasteiger partial charge in [-0.25, -0.2) is 0 Å². The van der Waals surface area contributed by atoms with Gasteiger partial charge in [-0.2, -0.15) is 0 Å². The first kappa shape index (κ1) is 20.5. The quantitative estimate of drug-likeness (QED) is 0.738. The Balaban J connectivity index is 0.000000238. The van der Waals surface area contributed by atoms with Gasteiger partial charge in [0.05, 0.1) is 0 Å². The highest BCUT2D eigenvalue weighted by Gasteiger charge is 2.19. The Bertz CT molecular complexity index is 308. The topological polar surface area (TPSA) is 15.3 Å². The molecule has 0 aromatic rings. The third-order valence-corrected chi connectivity index (χ3v) is 5.22. The Hall–Kier alpha value is -0.500. The summed E-state index contributed by atoms with van der Waals surface area (Å²) < 4.78 is 0.